The van der Waals surface area contributed by atoms with Crippen LogP contribution in [-0.2, 0) is 9.47 Å². The van der Waals surface area contributed by atoms with E-state index in [0.717, 1.165) is 10.3 Å². The van der Waals surface area contributed by atoms with E-state index in [0.29, 0.717) is 16.6 Å². The lowest BCUT2D eigenvalue weighted by molar-refractivity contribution is 0.0429. The third-order valence-electron chi connectivity index (χ3n) is 4.45. The molecule has 3 rings (SSSR count). The van der Waals surface area contributed by atoms with Crippen molar-refractivity contribution in [3.05, 3.63) is 54.2 Å². The zero-order valence-electron chi connectivity index (χ0n) is 19.9. The van der Waals surface area contributed by atoms with Gasteiger partial charge in [0, 0.05) is 5.56 Å². The van der Waals surface area contributed by atoms with Gasteiger partial charge in [0.05, 0.1) is 23.1 Å². The van der Waals surface area contributed by atoms with Crippen molar-refractivity contribution in [1.82, 2.24) is 10.2 Å². The second kappa shape index (κ2) is 9.09. The van der Waals surface area contributed by atoms with Gasteiger partial charge in [-0.15, -0.1) is 0 Å². The molecule has 0 atom stereocenters. The second-order valence-corrected chi connectivity index (χ2v) is 9.64. The van der Waals surface area contributed by atoms with E-state index in [1.807, 2.05) is 0 Å². The number of imide groups is 1. The highest BCUT2D eigenvalue weighted by molar-refractivity contribution is 6.10. The number of aromatic nitrogens is 2. The first kappa shape index (κ1) is 24.6. The van der Waals surface area contributed by atoms with E-state index in [1.54, 1.807) is 71.9 Å². The summed E-state index contributed by atoms with van der Waals surface area (Å²) >= 11 is 0. The summed E-state index contributed by atoms with van der Waals surface area (Å²) in [5.41, 5.74) is -0.394. The second-order valence-electron chi connectivity index (χ2n) is 9.64. The molecule has 34 heavy (non-hydrogen) atoms. The Hall–Kier alpha value is -4.01. The minimum Gasteiger partial charge on any atom is -0.478 e. The van der Waals surface area contributed by atoms with Gasteiger partial charge in [0.15, 0.2) is 0 Å². The number of carboxylic acid groups (broad SMARTS) is 1. The number of carbonyl (C=O) groups is 3. The van der Waals surface area contributed by atoms with Gasteiger partial charge in [0.1, 0.15) is 11.2 Å². The van der Waals surface area contributed by atoms with E-state index >= 15 is 0 Å². The summed E-state index contributed by atoms with van der Waals surface area (Å²) in [4.78, 5) is 38.0. The average molecular weight is 466 g/mol. The maximum atomic E-state index is 12.9. The van der Waals surface area contributed by atoms with Crippen LogP contribution < -0.4 is 4.90 Å². The SMILES string of the molecule is CC(C)(C)OC(=O)N(C(=O)OC(C)(C)C)c1cnnc(-c2cccc3cc(C(=O)O)ccc23)c1. The summed E-state index contributed by atoms with van der Waals surface area (Å²) < 4.78 is 10.8. The number of rotatable bonds is 3. The maximum Gasteiger partial charge on any atom is 0.424 e. The number of hydrogen-bond acceptors (Lipinski definition) is 7. The van der Waals surface area contributed by atoms with Crippen LogP contribution in [0.25, 0.3) is 22.0 Å². The number of amides is 2. The number of ether oxygens (including phenoxy) is 2. The molecular formula is C25H27N3O6. The van der Waals surface area contributed by atoms with Crippen molar-refractivity contribution in [2.45, 2.75) is 52.7 Å². The van der Waals surface area contributed by atoms with Crippen LogP contribution in [0.3, 0.4) is 0 Å². The minimum atomic E-state index is -1.03. The molecule has 9 heteroatoms. The smallest absolute Gasteiger partial charge is 0.424 e. The monoisotopic (exact) mass is 465 g/mol. The van der Waals surface area contributed by atoms with Crippen LogP contribution in [0.15, 0.2) is 48.7 Å². The molecule has 0 aliphatic carbocycles. The Kier molecular flexibility index (Phi) is 6.58. The number of aromatic carboxylic acids is 1. The highest BCUT2D eigenvalue weighted by Gasteiger charge is 2.33. The van der Waals surface area contributed by atoms with E-state index in [-0.39, 0.29) is 11.3 Å². The summed E-state index contributed by atoms with van der Waals surface area (Å²) in [6.07, 6.45) is -0.556. The third-order valence-corrected chi connectivity index (χ3v) is 4.45. The Bertz CT molecular complexity index is 1230. The van der Waals surface area contributed by atoms with E-state index in [1.165, 1.54) is 18.3 Å². The first-order valence-electron chi connectivity index (χ1n) is 10.6. The van der Waals surface area contributed by atoms with E-state index in [9.17, 15) is 19.5 Å². The highest BCUT2D eigenvalue weighted by Crippen LogP contribution is 2.30. The van der Waals surface area contributed by atoms with E-state index in [4.69, 9.17) is 9.47 Å². The molecule has 0 unspecified atom stereocenters. The number of hydrogen-bond donors (Lipinski definition) is 1. The van der Waals surface area contributed by atoms with Crippen LogP contribution in [0.1, 0.15) is 51.9 Å². The fraction of sp³-hybridized carbons (Fsp3) is 0.320. The molecule has 2 aromatic carbocycles. The van der Waals surface area contributed by atoms with Gasteiger partial charge in [0.25, 0.3) is 0 Å². The van der Waals surface area contributed by atoms with Gasteiger partial charge >= 0.3 is 18.2 Å². The molecule has 0 bridgehead atoms. The summed E-state index contributed by atoms with van der Waals surface area (Å²) in [6.45, 7) is 10.1. The zero-order chi connectivity index (χ0) is 25.3. The zero-order valence-corrected chi connectivity index (χ0v) is 19.9. The van der Waals surface area contributed by atoms with Gasteiger partial charge in [-0.3, -0.25) is 0 Å². The first-order chi connectivity index (χ1) is 15.7. The number of benzene rings is 2. The van der Waals surface area contributed by atoms with Crippen LogP contribution in [-0.4, -0.2) is 44.7 Å². The van der Waals surface area contributed by atoms with Crippen molar-refractivity contribution in [2.24, 2.45) is 0 Å². The van der Waals surface area contributed by atoms with Crippen LogP contribution in [0.5, 0.6) is 0 Å². The Morgan fingerprint density at radius 1 is 0.882 bits per heavy atom. The lowest BCUT2D eigenvalue weighted by Gasteiger charge is -2.28. The molecule has 0 aliphatic heterocycles. The van der Waals surface area contributed by atoms with Crippen molar-refractivity contribution in [2.75, 3.05) is 4.90 Å². The highest BCUT2D eigenvalue weighted by atomic mass is 16.6. The van der Waals surface area contributed by atoms with Crippen LogP contribution in [0, 0.1) is 0 Å². The fourth-order valence-electron chi connectivity index (χ4n) is 3.15. The number of carbonyl (C=O) groups excluding carboxylic acids is 2. The van der Waals surface area contributed by atoms with Gasteiger partial charge in [-0.05, 0) is 70.5 Å². The summed E-state index contributed by atoms with van der Waals surface area (Å²) in [5.74, 6) is -1.03. The van der Waals surface area contributed by atoms with Crippen molar-refractivity contribution in [3.8, 4) is 11.3 Å². The Morgan fingerprint density at radius 3 is 2.06 bits per heavy atom. The topological polar surface area (TPSA) is 119 Å². The lowest BCUT2D eigenvalue weighted by Crippen LogP contribution is -2.43. The predicted octanol–water partition coefficient (Wildman–Crippen LogP) is 5.67. The van der Waals surface area contributed by atoms with Crippen molar-refractivity contribution < 1.29 is 29.0 Å². The Morgan fingerprint density at radius 2 is 1.50 bits per heavy atom. The molecule has 0 fully saturated rings. The van der Waals surface area contributed by atoms with Gasteiger partial charge < -0.3 is 14.6 Å². The van der Waals surface area contributed by atoms with Crippen molar-refractivity contribution >= 4 is 34.6 Å². The van der Waals surface area contributed by atoms with Crippen LogP contribution in [0.4, 0.5) is 15.3 Å². The molecule has 0 spiro atoms. The third kappa shape index (κ3) is 5.86. The quantitative estimate of drug-likeness (QED) is 0.525. The van der Waals surface area contributed by atoms with Crippen LogP contribution >= 0.6 is 0 Å². The van der Waals surface area contributed by atoms with E-state index in [2.05, 4.69) is 10.2 Å². The number of anilines is 1. The summed E-state index contributed by atoms with van der Waals surface area (Å²) in [7, 11) is 0. The molecule has 178 valence electrons. The van der Waals surface area contributed by atoms with E-state index < -0.39 is 29.4 Å². The molecule has 0 saturated carbocycles. The summed E-state index contributed by atoms with van der Waals surface area (Å²) in [6, 6.07) is 11.6. The molecule has 3 aromatic rings. The van der Waals surface area contributed by atoms with Gasteiger partial charge in [-0.2, -0.15) is 15.1 Å². The standard InChI is InChI=1S/C25H27N3O6/c1-24(2,3)33-22(31)28(23(32)34-25(4,5)6)17-13-20(27-26-14-17)19-9-7-8-15-12-16(21(29)30)10-11-18(15)19/h7-14H,1-6H3,(H,29,30). The largest absolute Gasteiger partial charge is 0.478 e. The normalized spacial score (nSPS) is 11.7. The van der Waals surface area contributed by atoms with Crippen LogP contribution in [0.2, 0.25) is 0 Å². The van der Waals surface area contributed by atoms with Crippen molar-refractivity contribution in [1.29, 1.82) is 0 Å². The molecule has 1 heterocycles. The lowest BCUT2D eigenvalue weighted by atomic mass is 10.00. The maximum absolute atomic E-state index is 12.9. The molecule has 9 nitrogen and oxygen atoms in total. The number of fused-ring (bicyclic) bond motifs is 1. The molecule has 0 radical (unpaired) electrons. The number of nitrogens with zero attached hydrogens (tertiary/aromatic N) is 3. The Balaban J connectivity index is 2.09. The molecule has 2 amide bonds. The predicted molar refractivity (Wildman–Crippen MR) is 127 cm³/mol. The average Bonchev–Trinajstić information content (AvgIpc) is 2.70. The Labute approximate surface area is 197 Å². The summed E-state index contributed by atoms with van der Waals surface area (Å²) in [5, 5.41) is 18.9. The van der Waals surface area contributed by atoms with Crippen molar-refractivity contribution in [3.63, 3.8) is 0 Å². The van der Waals surface area contributed by atoms with Gasteiger partial charge in [-0.1, -0.05) is 24.3 Å². The molecule has 0 aliphatic rings. The molecule has 0 saturated heterocycles. The first-order valence-corrected chi connectivity index (χ1v) is 10.6. The molecule has 1 aromatic heterocycles. The fourth-order valence-corrected chi connectivity index (χ4v) is 3.15. The molecular weight excluding hydrogens is 438 g/mol. The van der Waals surface area contributed by atoms with Gasteiger partial charge in [-0.25, -0.2) is 14.4 Å². The molecule has 1 N–H and O–H groups in total. The van der Waals surface area contributed by atoms with Gasteiger partial charge in [0.2, 0.25) is 0 Å². The minimum absolute atomic E-state index is 0.118. The number of carboxylic acids is 1.